The van der Waals surface area contributed by atoms with E-state index in [2.05, 4.69) is 4.98 Å². The number of rotatable bonds is 4. The number of nitrogens with zero attached hydrogens (tertiary/aromatic N) is 3. The molecule has 1 atom stereocenters. The molecule has 4 aromatic rings. The molecule has 2 heterocycles. The van der Waals surface area contributed by atoms with Gasteiger partial charge < -0.3 is 5.11 Å². The van der Waals surface area contributed by atoms with Crippen molar-refractivity contribution in [2.24, 2.45) is 0 Å². The highest BCUT2D eigenvalue weighted by Crippen LogP contribution is 2.44. The number of carbonyl (C=O) groups excluding carboxylic acids is 2. The molecule has 1 unspecified atom stereocenters. The summed E-state index contributed by atoms with van der Waals surface area (Å²) in [6.07, 6.45) is 0. The van der Waals surface area contributed by atoms with Gasteiger partial charge in [0.15, 0.2) is 5.13 Å². The molecular weight excluding hydrogens is 480 g/mol. The van der Waals surface area contributed by atoms with Crippen LogP contribution in [-0.4, -0.2) is 26.7 Å². The molecule has 3 aromatic carbocycles. The molecule has 11 heteroatoms. The van der Waals surface area contributed by atoms with Gasteiger partial charge in [0.1, 0.15) is 17.4 Å². The molecule has 174 valence electrons. The van der Waals surface area contributed by atoms with Crippen molar-refractivity contribution in [2.75, 3.05) is 4.90 Å². The summed E-state index contributed by atoms with van der Waals surface area (Å²) >= 11 is 0.949. The molecule has 8 nitrogen and oxygen atoms in total. The SMILES string of the molecule is O=C1C(=O)N(c2nc3ccc(F)cc3s2)C(c2cccc([N+](=O)[O-])c2)/C1=C(\O)c1ccc(F)cc1. The number of aliphatic hydroxyl groups excluding tert-OH is 1. The van der Waals surface area contributed by atoms with Crippen LogP contribution in [0.15, 0.2) is 72.3 Å². The lowest BCUT2D eigenvalue weighted by Crippen LogP contribution is -2.29. The molecule has 0 spiro atoms. The van der Waals surface area contributed by atoms with Crippen LogP contribution in [-0.2, 0) is 9.59 Å². The van der Waals surface area contributed by atoms with Gasteiger partial charge in [-0.25, -0.2) is 13.8 Å². The number of hydrogen-bond acceptors (Lipinski definition) is 7. The molecule has 1 aliphatic heterocycles. The Morgan fingerprint density at radius 2 is 1.74 bits per heavy atom. The minimum absolute atomic E-state index is 0.0439. The number of fused-ring (bicyclic) bond motifs is 1. The highest BCUT2D eigenvalue weighted by molar-refractivity contribution is 7.22. The smallest absolute Gasteiger partial charge is 0.301 e. The molecule has 0 aliphatic carbocycles. The Morgan fingerprint density at radius 3 is 2.46 bits per heavy atom. The highest BCUT2D eigenvalue weighted by Gasteiger charge is 2.48. The topological polar surface area (TPSA) is 114 Å². The van der Waals surface area contributed by atoms with Crippen LogP contribution in [0, 0.1) is 21.7 Å². The lowest BCUT2D eigenvalue weighted by atomic mass is 9.95. The summed E-state index contributed by atoms with van der Waals surface area (Å²) in [6, 6.07) is 12.5. The Labute approximate surface area is 199 Å². The minimum Gasteiger partial charge on any atom is -0.507 e. The van der Waals surface area contributed by atoms with E-state index in [0.717, 1.165) is 28.4 Å². The monoisotopic (exact) mass is 493 g/mol. The van der Waals surface area contributed by atoms with E-state index in [1.54, 1.807) is 0 Å². The summed E-state index contributed by atoms with van der Waals surface area (Å²) in [5.41, 5.74) is -0.00267. The van der Waals surface area contributed by atoms with Gasteiger partial charge in [-0.05, 0) is 48.0 Å². The predicted octanol–water partition coefficient (Wildman–Crippen LogP) is 5.11. The van der Waals surface area contributed by atoms with Crippen LogP contribution in [0.5, 0.6) is 0 Å². The average molecular weight is 493 g/mol. The van der Waals surface area contributed by atoms with E-state index in [-0.39, 0.29) is 27.5 Å². The van der Waals surface area contributed by atoms with Crippen LogP contribution in [0.2, 0.25) is 0 Å². The molecule has 1 N–H and O–H groups in total. The van der Waals surface area contributed by atoms with E-state index in [9.17, 15) is 33.6 Å². The second-order valence-corrected chi connectivity index (χ2v) is 8.65. The van der Waals surface area contributed by atoms with Gasteiger partial charge in [0.25, 0.3) is 11.5 Å². The Morgan fingerprint density at radius 1 is 1.03 bits per heavy atom. The molecule has 0 radical (unpaired) electrons. The molecule has 1 fully saturated rings. The molecule has 0 bridgehead atoms. The van der Waals surface area contributed by atoms with Crippen molar-refractivity contribution >= 4 is 49.8 Å². The van der Waals surface area contributed by atoms with Crippen molar-refractivity contribution in [3.8, 4) is 0 Å². The van der Waals surface area contributed by atoms with Gasteiger partial charge in [-0.3, -0.25) is 24.6 Å². The number of hydrogen-bond donors (Lipinski definition) is 1. The average Bonchev–Trinajstić information content (AvgIpc) is 3.37. The number of halogens is 2. The molecule has 1 amide bonds. The lowest BCUT2D eigenvalue weighted by molar-refractivity contribution is -0.384. The summed E-state index contributed by atoms with van der Waals surface area (Å²) < 4.78 is 27.6. The van der Waals surface area contributed by atoms with Crippen LogP contribution in [0.25, 0.3) is 16.0 Å². The van der Waals surface area contributed by atoms with E-state index in [1.807, 2.05) is 0 Å². The number of ketones is 1. The second-order valence-electron chi connectivity index (χ2n) is 7.64. The zero-order chi connectivity index (χ0) is 24.9. The third kappa shape index (κ3) is 3.81. The van der Waals surface area contributed by atoms with Crippen molar-refractivity contribution < 1.29 is 28.4 Å². The largest absolute Gasteiger partial charge is 0.507 e. The third-order valence-electron chi connectivity index (χ3n) is 5.50. The molecule has 1 saturated heterocycles. The summed E-state index contributed by atoms with van der Waals surface area (Å²) in [4.78, 5) is 42.5. The van der Waals surface area contributed by atoms with Crippen LogP contribution < -0.4 is 4.90 Å². The number of benzene rings is 3. The third-order valence-corrected chi connectivity index (χ3v) is 6.52. The first-order valence-electron chi connectivity index (χ1n) is 10.1. The Kier molecular flexibility index (Phi) is 5.33. The maximum Gasteiger partial charge on any atom is 0.301 e. The Hall–Kier alpha value is -4.51. The summed E-state index contributed by atoms with van der Waals surface area (Å²) in [5.74, 6) is -3.73. The van der Waals surface area contributed by atoms with Crippen LogP contribution in [0.4, 0.5) is 19.6 Å². The number of aliphatic hydroxyl groups is 1. The molecule has 1 aromatic heterocycles. The second kappa shape index (κ2) is 8.37. The van der Waals surface area contributed by atoms with Crippen molar-refractivity contribution in [1.29, 1.82) is 0 Å². The zero-order valence-electron chi connectivity index (χ0n) is 17.5. The number of anilines is 1. The summed E-state index contributed by atoms with van der Waals surface area (Å²) in [5, 5.41) is 22.4. The molecule has 0 saturated carbocycles. The molecular formula is C24H13F2N3O5S. The number of amides is 1. The van der Waals surface area contributed by atoms with E-state index in [4.69, 9.17) is 0 Å². The number of nitro groups is 1. The normalized spacial score (nSPS) is 17.3. The zero-order valence-corrected chi connectivity index (χ0v) is 18.3. The predicted molar refractivity (Wildman–Crippen MR) is 124 cm³/mol. The Bertz CT molecular complexity index is 1570. The van der Waals surface area contributed by atoms with Crippen LogP contribution in [0.1, 0.15) is 17.2 Å². The van der Waals surface area contributed by atoms with Crippen molar-refractivity contribution in [3.05, 3.63) is 105 Å². The first kappa shape index (κ1) is 22.3. The number of Topliss-reactive ketones (excluding diaryl/α,β-unsaturated/α-hetero) is 1. The lowest BCUT2D eigenvalue weighted by Gasteiger charge is -2.22. The van der Waals surface area contributed by atoms with Gasteiger partial charge >= 0.3 is 5.91 Å². The summed E-state index contributed by atoms with van der Waals surface area (Å²) in [7, 11) is 0. The molecule has 1 aliphatic rings. The Balaban J connectivity index is 1.75. The maximum atomic E-state index is 13.7. The van der Waals surface area contributed by atoms with E-state index >= 15 is 0 Å². The van der Waals surface area contributed by atoms with Gasteiger partial charge in [-0.2, -0.15) is 0 Å². The number of thiazole rings is 1. The minimum atomic E-state index is -1.27. The highest BCUT2D eigenvalue weighted by atomic mass is 32.1. The fourth-order valence-electron chi connectivity index (χ4n) is 3.91. The van der Waals surface area contributed by atoms with Crippen molar-refractivity contribution in [2.45, 2.75) is 6.04 Å². The number of carbonyl (C=O) groups is 2. The van der Waals surface area contributed by atoms with Gasteiger partial charge in [0.2, 0.25) is 0 Å². The van der Waals surface area contributed by atoms with Gasteiger partial charge in [-0.1, -0.05) is 23.5 Å². The first-order chi connectivity index (χ1) is 16.7. The number of aromatic nitrogens is 1. The van der Waals surface area contributed by atoms with Crippen molar-refractivity contribution in [1.82, 2.24) is 4.98 Å². The van der Waals surface area contributed by atoms with Gasteiger partial charge in [0.05, 0.1) is 26.8 Å². The quantitative estimate of drug-likeness (QED) is 0.139. The fourth-order valence-corrected chi connectivity index (χ4v) is 4.92. The van der Waals surface area contributed by atoms with E-state index in [0.29, 0.717) is 10.2 Å². The van der Waals surface area contributed by atoms with Crippen LogP contribution >= 0.6 is 11.3 Å². The number of nitro benzene ring substituents is 1. The number of non-ortho nitro benzene ring substituents is 1. The maximum absolute atomic E-state index is 13.7. The summed E-state index contributed by atoms with van der Waals surface area (Å²) in [6.45, 7) is 0. The molecule has 5 rings (SSSR count). The molecule has 35 heavy (non-hydrogen) atoms. The fraction of sp³-hybridized carbons (Fsp3) is 0.0417. The van der Waals surface area contributed by atoms with Gasteiger partial charge in [0, 0.05) is 17.7 Å². The van der Waals surface area contributed by atoms with Crippen molar-refractivity contribution in [3.63, 3.8) is 0 Å². The van der Waals surface area contributed by atoms with E-state index < -0.39 is 40.0 Å². The standard InChI is InChI=1S/C24H13F2N3O5S/c25-14-6-4-12(5-7-14)21(30)19-20(13-2-1-3-16(10-13)29(33)34)28(23(32)22(19)31)24-27-17-9-8-15(26)11-18(17)35-24/h1-11,20,30H/b21-19+. The van der Waals surface area contributed by atoms with E-state index in [1.165, 1.54) is 54.6 Å². The first-order valence-corrected chi connectivity index (χ1v) is 10.9. The van der Waals surface area contributed by atoms with Gasteiger partial charge in [-0.15, -0.1) is 0 Å². The van der Waals surface area contributed by atoms with Crippen LogP contribution in [0.3, 0.4) is 0 Å².